The van der Waals surface area contributed by atoms with Crippen molar-refractivity contribution in [2.75, 3.05) is 0 Å². The number of aliphatic hydroxyl groups excluding tert-OH is 1. The summed E-state index contributed by atoms with van der Waals surface area (Å²) in [5.74, 6) is -0.963. The first-order chi connectivity index (χ1) is 3.13. The van der Waals surface area contributed by atoms with Gasteiger partial charge < -0.3 is 10.2 Å². The van der Waals surface area contributed by atoms with Crippen molar-refractivity contribution in [3.05, 3.63) is 0 Å². The smallest absolute Gasteiger partial charge is 0.305 e. The monoisotopic (exact) mass is 128 g/mol. The molecule has 0 aliphatic rings. The molecule has 0 amide bonds. The normalized spacial score (nSPS) is 11.8. The Bertz CT molecular complexity index is 71.7. The summed E-state index contributed by atoms with van der Waals surface area (Å²) in [6, 6.07) is 0. The van der Waals surface area contributed by atoms with Gasteiger partial charge in [0.25, 0.3) is 0 Å². The Morgan fingerprint density at radius 2 is 2.12 bits per heavy atom. The highest BCUT2D eigenvalue weighted by atomic mass is 24.3. The number of hydrogen-bond acceptors (Lipinski definition) is 2. The summed E-state index contributed by atoms with van der Waals surface area (Å²) >= 11 is 0. The number of aliphatic carboxylic acids is 1. The molecule has 3 nitrogen and oxygen atoms in total. The van der Waals surface area contributed by atoms with Crippen LogP contribution in [0.1, 0.15) is 13.3 Å². The molecule has 2 radical (unpaired) electrons. The molecule has 0 fully saturated rings. The third-order valence-corrected chi connectivity index (χ3v) is 0.470. The molecule has 0 spiro atoms. The standard InChI is InChI=1S/C4H8O3.Mg/c1-3(5)2-4(6)7;/h3,5H,2H2,1H3,(H,6,7);. The molecule has 0 aromatic heterocycles. The Morgan fingerprint density at radius 1 is 1.75 bits per heavy atom. The third kappa shape index (κ3) is 9.50. The van der Waals surface area contributed by atoms with Gasteiger partial charge in [0.15, 0.2) is 0 Å². The van der Waals surface area contributed by atoms with Crippen LogP contribution in [0.2, 0.25) is 0 Å². The molecule has 0 aliphatic carbocycles. The van der Waals surface area contributed by atoms with Crippen molar-refractivity contribution in [2.45, 2.75) is 19.4 Å². The van der Waals surface area contributed by atoms with Gasteiger partial charge in [-0.15, -0.1) is 0 Å². The van der Waals surface area contributed by atoms with E-state index in [-0.39, 0.29) is 29.5 Å². The van der Waals surface area contributed by atoms with E-state index in [9.17, 15) is 4.79 Å². The molecule has 0 rings (SSSR count). The molecule has 0 heterocycles. The summed E-state index contributed by atoms with van der Waals surface area (Å²) in [7, 11) is 0. The molecule has 0 bridgehead atoms. The van der Waals surface area contributed by atoms with Crippen LogP contribution in [0.3, 0.4) is 0 Å². The van der Waals surface area contributed by atoms with Crippen LogP contribution in [0.5, 0.6) is 0 Å². The van der Waals surface area contributed by atoms with E-state index in [1.807, 2.05) is 0 Å². The number of hydrogen-bond donors (Lipinski definition) is 2. The van der Waals surface area contributed by atoms with Gasteiger partial charge >= 0.3 is 5.97 Å². The van der Waals surface area contributed by atoms with Gasteiger partial charge in [0, 0.05) is 23.1 Å². The highest BCUT2D eigenvalue weighted by Gasteiger charge is 2.00. The van der Waals surface area contributed by atoms with Crippen LogP contribution >= 0.6 is 0 Å². The van der Waals surface area contributed by atoms with Crippen LogP contribution in [-0.2, 0) is 4.79 Å². The minimum Gasteiger partial charge on any atom is -0.481 e. The lowest BCUT2D eigenvalue weighted by atomic mass is 10.3. The van der Waals surface area contributed by atoms with E-state index in [2.05, 4.69) is 0 Å². The van der Waals surface area contributed by atoms with Gasteiger partial charge in [-0.2, -0.15) is 0 Å². The fraction of sp³-hybridized carbons (Fsp3) is 0.750. The topological polar surface area (TPSA) is 57.5 Å². The molecule has 0 aromatic carbocycles. The van der Waals surface area contributed by atoms with Crippen molar-refractivity contribution in [3.63, 3.8) is 0 Å². The molecule has 0 aliphatic heterocycles. The van der Waals surface area contributed by atoms with E-state index in [4.69, 9.17) is 10.2 Å². The fourth-order valence-electron chi connectivity index (χ4n) is 0.253. The highest BCUT2D eigenvalue weighted by Crippen LogP contribution is 1.85. The lowest BCUT2D eigenvalue weighted by molar-refractivity contribution is -0.138. The summed E-state index contributed by atoms with van der Waals surface area (Å²) in [6.45, 7) is 1.44. The minimum absolute atomic E-state index is 0. The molecule has 0 saturated heterocycles. The highest BCUT2D eigenvalue weighted by molar-refractivity contribution is 5.75. The maximum atomic E-state index is 9.65. The van der Waals surface area contributed by atoms with Gasteiger partial charge in [0.2, 0.25) is 0 Å². The van der Waals surface area contributed by atoms with Crippen molar-refractivity contribution in [1.82, 2.24) is 0 Å². The predicted octanol–water partition coefficient (Wildman–Crippen LogP) is -0.539. The maximum absolute atomic E-state index is 9.65. The molecule has 44 valence electrons. The molecule has 2 N–H and O–H groups in total. The first kappa shape index (κ1) is 11.1. The first-order valence-electron chi connectivity index (χ1n) is 2.03. The molecule has 1 unspecified atom stereocenters. The number of aliphatic hydroxyl groups is 1. The minimum atomic E-state index is -0.963. The second kappa shape index (κ2) is 5.34. The van der Waals surface area contributed by atoms with Crippen LogP contribution in [0, 0.1) is 0 Å². The Morgan fingerprint density at radius 3 is 2.12 bits per heavy atom. The predicted molar refractivity (Wildman–Crippen MR) is 29.7 cm³/mol. The van der Waals surface area contributed by atoms with Crippen LogP contribution in [0.4, 0.5) is 0 Å². The zero-order chi connectivity index (χ0) is 5.86. The Labute approximate surface area is 63.9 Å². The van der Waals surface area contributed by atoms with Crippen molar-refractivity contribution >= 4 is 29.0 Å². The lowest BCUT2D eigenvalue weighted by Crippen LogP contribution is -2.07. The SMILES string of the molecule is CC(O)CC(=O)O.[Mg]. The van der Waals surface area contributed by atoms with E-state index < -0.39 is 12.1 Å². The van der Waals surface area contributed by atoms with Crippen molar-refractivity contribution in [1.29, 1.82) is 0 Å². The summed E-state index contributed by atoms with van der Waals surface area (Å²) < 4.78 is 0. The van der Waals surface area contributed by atoms with E-state index in [1.54, 1.807) is 0 Å². The first-order valence-corrected chi connectivity index (χ1v) is 2.03. The van der Waals surface area contributed by atoms with Crippen LogP contribution in [-0.4, -0.2) is 45.3 Å². The van der Waals surface area contributed by atoms with Gasteiger partial charge in [-0.1, -0.05) is 0 Å². The molecule has 0 aromatic rings. The number of rotatable bonds is 2. The summed E-state index contributed by atoms with van der Waals surface area (Å²) in [5, 5.41) is 16.3. The Hall–Kier alpha value is 0.196. The van der Waals surface area contributed by atoms with E-state index in [0.29, 0.717) is 0 Å². The summed E-state index contributed by atoms with van der Waals surface area (Å²) in [4.78, 5) is 9.65. The Kier molecular flexibility index (Phi) is 7.37. The van der Waals surface area contributed by atoms with E-state index in [0.717, 1.165) is 0 Å². The van der Waals surface area contributed by atoms with E-state index >= 15 is 0 Å². The Balaban J connectivity index is 0. The second-order valence-corrected chi connectivity index (χ2v) is 1.45. The van der Waals surface area contributed by atoms with Gasteiger partial charge in [0.05, 0.1) is 12.5 Å². The average molecular weight is 128 g/mol. The van der Waals surface area contributed by atoms with Crippen LogP contribution < -0.4 is 0 Å². The molecule has 1 atom stereocenters. The molecule has 4 heteroatoms. The van der Waals surface area contributed by atoms with Gasteiger partial charge in [-0.05, 0) is 6.92 Å². The summed E-state index contributed by atoms with van der Waals surface area (Å²) in [5.41, 5.74) is 0. The molecular formula is C4H8MgO3. The molecule has 0 saturated carbocycles. The maximum Gasteiger partial charge on any atom is 0.305 e. The average Bonchev–Trinajstić information content (AvgIpc) is 1.27. The second-order valence-electron chi connectivity index (χ2n) is 1.45. The zero-order valence-electron chi connectivity index (χ0n) is 4.79. The number of carboxylic acids is 1. The van der Waals surface area contributed by atoms with Gasteiger partial charge in [0.1, 0.15) is 0 Å². The zero-order valence-corrected chi connectivity index (χ0v) is 6.21. The number of carboxylic acid groups (broad SMARTS) is 1. The van der Waals surface area contributed by atoms with Crippen LogP contribution in [0.25, 0.3) is 0 Å². The lowest BCUT2D eigenvalue weighted by Gasteiger charge is -1.94. The third-order valence-electron chi connectivity index (χ3n) is 0.470. The van der Waals surface area contributed by atoms with Crippen molar-refractivity contribution < 1.29 is 15.0 Å². The van der Waals surface area contributed by atoms with Crippen molar-refractivity contribution in [3.8, 4) is 0 Å². The molecular weight excluding hydrogens is 120 g/mol. The number of carbonyl (C=O) groups is 1. The summed E-state index contributed by atoms with van der Waals surface area (Å²) in [6.07, 6.45) is -0.891. The largest absolute Gasteiger partial charge is 0.481 e. The van der Waals surface area contributed by atoms with Gasteiger partial charge in [-0.25, -0.2) is 0 Å². The molecule has 8 heavy (non-hydrogen) atoms. The fourth-order valence-corrected chi connectivity index (χ4v) is 0.253. The quantitative estimate of drug-likeness (QED) is 0.491. The van der Waals surface area contributed by atoms with Gasteiger partial charge in [-0.3, -0.25) is 4.79 Å². The van der Waals surface area contributed by atoms with E-state index in [1.165, 1.54) is 6.92 Å². The van der Waals surface area contributed by atoms with Crippen LogP contribution in [0.15, 0.2) is 0 Å². The van der Waals surface area contributed by atoms with Crippen molar-refractivity contribution in [2.24, 2.45) is 0 Å².